The molecule has 30 heavy (non-hydrogen) atoms. The van der Waals surface area contributed by atoms with E-state index in [2.05, 4.69) is 10.6 Å². The predicted molar refractivity (Wildman–Crippen MR) is 110 cm³/mol. The second-order valence-corrected chi connectivity index (χ2v) is 6.86. The number of Topliss-reactive ketones (excluding diaryl/α,β-unsaturated/α-hetero) is 1. The average Bonchev–Trinajstić information content (AvgIpc) is 2.72. The minimum atomic E-state index is -1.16. The number of nitrogens with one attached hydrogen (secondary N) is 2. The highest BCUT2D eigenvalue weighted by atomic mass is 35.5. The summed E-state index contributed by atoms with van der Waals surface area (Å²) in [7, 11) is 1.39. The first-order valence-corrected chi connectivity index (χ1v) is 9.29. The van der Waals surface area contributed by atoms with Gasteiger partial charge in [0.25, 0.3) is 0 Å². The minimum Gasteiger partial charge on any atom is -0.493 e. The summed E-state index contributed by atoms with van der Waals surface area (Å²) in [5.74, 6) is -1.07. The van der Waals surface area contributed by atoms with Gasteiger partial charge in [0.05, 0.1) is 23.9 Å². The number of amides is 2. The smallest absolute Gasteiger partial charge is 0.341 e. The molecule has 156 valence electrons. The van der Waals surface area contributed by atoms with Crippen LogP contribution in [0, 0.1) is 0 Å². The molecule has 0 spiro atoms. The van der Waals surface area contributed by atoms with Gasteiger partial charge in [0.15, 0.2) is 23.9 Å². The summed E-state index contributed by atoms with van der Waals surface area (Å²) in [5, 5.41) is 14.4. The van der Waals surface area contributed by atoms with Crippen molar-refractivity contribution in [2.24, 2.45) is 0 Å². The Balaban J connectivity index is 2.14. The van der Waals surface area contributed by atoms with Crippen molar-refractivity contribution >= 4 is 35.1 Å². The van der Waals surface area contributed by atoms with Crippen molar-refractivity contribution in [3.63, 3.8) is 0 Å². The Morgan fingerprint density at radius 3 is 2.47 bits per heavy atom. The number of carbonyl (C=O) groups is 3. The Morgan fingerprint density at radius 2 is 1.87 bits per heavy atom. The highest BCUT2D eigenvalue weighted by Crippen LogP contribution is 2.40. The molecule has 0 fully saturated rings. The average molecular weight is 431 g/mol. The summed E-state index contributed by atoms with van der Waals surface area (Å²) in [5.41, 5.74) is 1.79. The van der Waals surface area contributed by atoms with Gasteiger partial charge in [0, 0.05) is 17.2 Å². The van der Waals surface area contributed by atoms with Crippen LogP contribution in [0.4, 0.5) is 4.79 Å². The second-order valence-electron chi connectivity index (χ2n) is 6.45. The summed E-state index contributed by atoms with van der Waals surface area (Å²) < 4.78 is 10.5. The van der Waals surface area contributed by atoms with Crippen molar-refractivity contribution in [3.8, 4) is 11.5 Å². The molecule has 0 unspecified atom stereocenters. The number of carboxylic acid groups (broad SMARTS) is 1. The van der Waals surface area contributed by atoms with E-state index in [0.717, 1.165) is 0 Å². The standard InChI is InChI=1S/C21H19ClN2O6/c1-11(25)18-19(12-6-4-3-5-7-12)23-21(28)24-20(18)13-8-15(29-2)16(9-14(13)22)30-10-17(26)27/h3-9,20H,10H2,1-2H3,(H,26,27)(H2,23,24,28)/t20-/m0/s1. The van der Waals surface area contributed by atoms with Crippen LogP contribution < -0.4 is 20.1 Å². The molecule has 0 aromatic heterocycles. The summed E-state index contributed by atoms with van der Waals surface area (Å²) in [6.45, 7) is 0.826. The highest BCUT2D eigenvalue weighted by molar-refractivity contribution is 6.31. The van der Waals surface area contributed by atoms with Gasteiger partial charge in [-0.05, 0) is 18.6 Å². The quantitative estimate of drug-likeness (QED) is 0.621. The number of ether oxygens (including phenoxy) is 2. The molecule has 2 aromatic rings. The molecule has 0 aliphatic carbocycles. The molecule has 9 heteroatoms. The fourth-order valence-corrected chi connectivity index (χ4v) is 3.46. The Hall–Kier alpha value is -3.52. The molecule has 2 aromatic carbocycles. The van der Waals surface area contributed by atoms with E-state index in [0.29, 0.717) is 22.4 Å². The number of rotatable bonds is 7. The van der Waals surface area contributed by atoms with Gasteiger partial charge in [-0.1, -0.05) is 41.9 Å². The van der Waals surface area contributed by atoms with Crippen LogP contribution in [-0.2, 0) is 9.59 Å². The normalized spacial score (nSPS) is 15.8. The molecule has 1 heterocycles. The zero-order valence-corrected chi connectivity index (χ0v) is 16.9. The first kappa shape index (κ1) is 21.2. The molecule has 3 N–H and O–H groups in total. The molecule has 1 aliphatic heterocycles. The number of methoxy groups -OCH3 is 1. The lowest BCUT2D eigenvalue weighted by Gasteiger charge is -2.30. The molecule has 0 saturated carbocycles. The Morgan fingerprint density at radius 1 is 1.17 bits per heavy atom. The van der Waals surface area contributed by atoms with Crippen molar-refractivity contribution in [2.75, 3.05) is 13.7 Å². The molecule has 1 aliphatic rings. The van der Waals surface area contributed by atoms with Gasteiger partial charge in [0.1, 0.15) is 0 Å². The lowest BCUT2D eigenvalue weighted by Crippen LogP contribution is -2.44. The van der Waals surface area contributed by atoms with E-state index in [1.54, 1.807) is 24.3 Å². The van der Waals surface area contributed by atoms with Gasteiger partial charge in [0.2, 0.25) is 0 Å². The van der Waals surface area contributed by atoms with Crippen LogP contribution in [0.2, 0.25) is 5.02 Å². The summed E-state index contributed by atoms with van der Waals surface area (Å²) in [6.07, 6.45) is 0. The zero-order chi connectivity index (χ0) is 21.8. The molecule has 1 atom stereocenters. The number of hydrogen-bond donors (Lipinski definition) is 3. The van der Waals surface area contributed by atoms with Gasteiger partial charge < -0.3 is 25.2 Å². The first-order chi connectivity index (χ1) is 14.3. The molecule has 8 nitrogen and oxygen atoms in total. The molecule has 2 amide bonds. The maximum atomic E-state index is 12.6. The fourth-order valence-electron chi connectivity index (χ4n) is 3.19. The number of urea groups is 1. The number of halogens is 1. The lowest BCUT2D eigenvalue weighted by molar-refractivity contribution is -0.139. The van der Waals surface area contributed by atoms with Gasteiger partial charge in [-0.2, -0.15) is 0 Å². The van der Waals surface area contributed by atoms with Crippen LogP contribution in [-0.4, -0.2) is 36.6 Å². The van der Waals surface area contributed by atoms with Gasteiger partial charge in [-0.15, -0.1) is 0 Å². The van der Waals surface area contributed by atoms with E-state index < -0.39 is 24.6 Å². The second kappa shape index (κ2) is 8.87. The maximum Gasteiger partial charge on any atom is 0.341 e. The van der Waals surface area contributed by atoms with Crippen LogP contribution in [0.25, 0.3) is 5.70 Å². The van der Waals surface area contributed by atoms with Gasteiger partial charge >= 0.3 is 12.0 Å². The third-order valence-electron chi connectivity index (χ3n) is 4.46. The topological polar surface area (TPSA) is 114 Å². The van der Waals surface area contributed by atoms with Crippen molar-refractivity contribution in [3.05, 3.63) is 64.2 Å². The third-order valence-corrected chi connectivity index (χ3v) is 4.79. The summed E-state index contributed by atoms with van der Waals surface area (Å²) in [6, 6.07) is 10.6. The number of hydrogen-bond acceptors (Lipinski definition) is 5. The van der Waals surface area contributed by atoms with Crippen molar-refractivity contribution in [1.82, 2.24) is 10.6 Å². The summed E-state index contributed by atoms with van der Waals surface area (Å²) in [4.78, 5) is 35.7. The monoisotopic (exact) mass is 430 g/mol. The van der Waals surface area contributed by atoms with Crippen LogP contribution in [0.15, 0.2) is 48.0 Å². The number of benzene rings is 2. The number of aliphatic carboxylic acids is 1. The molecule has 0 saturated heterocycles. The number of carboxylic acids is 1. The van der Waals surface area contributed by atoms with Crippen molar-refractivity contribution in [1.29, 1.82) is 0 Å². The predicted octanol–water partition coefficient (Wildman–Crippen LogP) is 3.17. The van der Waals surface area contributed by atoms with E-state index in [9.17, 15) is 14.4 Å². The van der Waals surface area contributed by atoms with Gasteiger partial charge in [-0.3, -0.25) is 4.79 Å². The highest BCUT2D eigenvalue weighted by Gasteiger charge is 2.33. The van der Waals surface area contributed by atoms with E-state index in [4.69, 9.17) is 26.2 Å². The zero-order valence-electron chi connectivity index (χ0n) is 16.2. The number of carbonyl (C=O) groups excluding carboxylic acids is 2. The van der Waals surface area contributed by atoms with Crippen LogP contribution >= 0.6 is 11.6 Å². The third kappa shape index (κ3) is 4.38. The van der Waals surface area contributed by atoms with Crippen LogP contribution in [0.5, 0.6) is 11.5 Å². The molecule has 0 radical (unpaired) electrons. The minimum absolute atomic E-state index is 0.130. The van der Waals surface area contributed by atoms with Gasteiger partial charge in [-0.25, -0.2) is 9.59 Å². The first-order valence-electron chi connectivity index (χ1n) is 8.92. The van der Waals surface area contributed by atoms with E-state index in [-0.39, 0.29) is 22.3 Å². The molecule has 0 bridgehead atoms. The summed E-state index contributed by atoms with van der Waals surface area (Å²) >= 11 is 6.43. The number of ketones is 1. The molecular weight excluding hydrogens is 412 g/mol. The Labute approximate surface area is 177 Å². The fraction of sp³-hybridized carbons (Fsp3) is 0.190. The van der Waals surface area contributed by atoms with E-state index in [1.165, 1.54) is 26.2 Å². The largest absolute Gasteiger partial charge is 0.493 e. The van der Waals surface area contributed by atoms with E-state index in [1.807, 2.05) is 6.07 Å². The SMILES string of the molecule is COc1cc([C@@H]2NC(=O)NC(c3ccccc3)=C2C(C)=O)c(Cl)cc1OCC(=O)O. The lowest BCUT2D eigenvalue weighted by atomic mass is 9.90. The van der Waals surface area contributed by atoms with Crippen LogP contribution in [0.1, 0.15) is 24.1 Å². The van der Waals surface area contributed by atoms with E-state index >= 15 is 0 Å². The van der Waals surface area contributed by atoms with Crippen molar-refractivity contribution < 1.29 is 29.0 Å². The Bertz CT molecular complexity index is 1040. The maximum absolute atomic E-state index is 12.6. The molecular formula is C21H19ClN2O6. The van der Waals surface area contributed by atoms with Crippen molar-refractivity contribution in [2.45, 2.75) is 13.0 Å². The van der Waals surface area contributed by atoms with Crippen LogP contribution in [0.3, 0.4) is 0 Å². The Kier molecular flexibility index (Phi) is 6.27. The molecule has 3 rings (SSSR count).